The van der Waals surface area contributed by atoms with E-state index in [1.54, 1.807) is 0 Å². The smallest absolute Gasteiger partial charge is 0.0699 e. The molecule has 0 saturated carbocycles. The predicted molar refractivity (Wildman–Crippen MR) is 85.8 cm³/mol. The van der Waals surface area contributed by atoms with E-state index >= 15 is 0 Å². The van der Waals surface area contributed by atoms with Crippen LogP contribution in [-0.2, 0) is 4.74 Å². The Labute approximate surface area is 121 Å². The molecule has 19 heavy (non-hydrogen) atoms. The molecule has 0 spiro atoms. The van der Waals surface area contributed by atoms with Crippen molar-refractivity contribution < 1.29 is 4.74 Å². The summed E-state index contributed by atoms with van der Waals surface area (Å²) in [5, 5.41) is 3.64. The molecule has 0 aliphatic heterocycles. The summed E-state index contributed by atoms with van der Waals surface area (Å²) in [5.41, 5.74) is 0. The Bertz CT molecular complexity index is 173. The van der Waals surface area contributed by atoms with Gasteiger partial charge >= 0.3 is 0 Å². The van der Waals surface area contributed by atoms with Crippen molar-refractivity contribution in [1.29, 1.82) is 0 Å². The highest BCUT2D eigenvalue weighted by atomic mass is 16.5. The third-order valence-corrected chi connectivity index (χ3v) is 3.77. The van der Waals surface area contributed by atoms with Gasteiger partial charge in [-0.05, 0) is 33.2 Å². The average molecular weight is 271 g/mol. The number of ether oxygens (including phenoxy) is 1. The molecule has 2 unspecified atom stereocenters. The first-order chi connectivity index (χ1) is 9.26. The van der Waals surface area contributed by atoms with Gasteiger partial charge in [-0.25, -0.2) is 0 Å². The molecule has 0 aliphatic rings. The summed E-state index contributed by atoms with van der Waals surface area (Å²) in [6.07, 6.45) is 12.5. The molecule has 0 bridgehead atoms. The van der Waals surface area contributed by atoms with E-state index in [-0.39, 0.29) is 0 Å². The Morgan fingerprint density at radius 1 is 0.842 bits per heavy atom. The quantitative estimate of drug-likeness (QED) is 0.453. The molecule has 0 radical (unpaired) electrons. The van der Waals surface area contributed by atoms with Gasteiger partial charge in [-0.1, -0.05) is 58.8 Å². The highest BCUT2D eigenvalue weighted by Gasteiger charge is 2.15. The van der Waals surface area contributed by atoms with Gasteiger partial charge in [0.25, 0.3) is 0 Å². The largest absolute Gasteiger partial charge is 0.377 e. The van der Waals surface area contributed by atoms with Crippen molar-refractivity contribution in [2.24, 2.45) is 0 Å². The molecule has 2 nitrogen and oxygen atoms in total. The second kappa shape index (κ2) is 14.3. The molecule has 0 aromatic rings. The first-order valence-electron chi connectivity index (χ1n) is 8.61. The molecule has 0 heterocycles. The van der Waals surface area contributed by atoms with Gasteiger partial charge in [0.2, 0.25) is 0 Å². The monoisotopic (exact) mass is 271 g/mol. The molecule has 2 atom stereocenters. The van der Waals surface area contributed by atoms with E-state index in [1.807, 2.05) is 0 Å². The van der Waals surface area contributed by atoms with Crippen molar-refractivity contribution in [2.45, 2.75) is 97.6 Å². The number of unbranched alkanes of at least 4 members (excludes halogenated alkanes) is 6. The SMILES string of the molecule is CCCCCCCCCC(NCCC)C(C)OCC. The lowest BCUT2D eigenvalue weighted by Crippen LogP contribution is -2.40. The molecule has 0 saturated heterocycles. The van der Waals surface area contributed by atoms with E-state index in [2.05, 4.69) is 33.0 Å². The highest BCUT2D eigenvalue weighted by molar-refractivity contribution is 4.73. The van der Waals surface area contributed by atoms with Crippen LogP contribution in [0, 0.1) is 0 Å². The van der Waals surface area contributed by atoms with Crippen LogP contribution in [0.3, 0.4) is 0 Å². The molecular weight excluding hydrogens is 234 g/mol. The zero-order valence-corrected chi connectivity index (χ0v) is 13.8. The molecule has 0 amide bonds. The van der Waals surface area contributed by atoms with Crippen molar-refractivity contribution >= 4 is 0 Å². The van der Waals surface area contributed by atoms with Crippen LogP contribution < -0.4 is 5.32 Å². The highest BCUT2D eigenvalue weighted by Crippen LogP contribution is 2.12. The Hall–Kier alpha value is -0.0800. The maximum absolute atomic E-state index is 5.75. The van der Waals surface area contributed by atoms with Gasteiger partial charge in [-0.15, -0.1) is 0 Å². The summed E-state index contributed by atoms with van der Waals surface area (Å²) in [6, 6.07) is 0.538. The van der Waals surface area contributed by atoms with E-state index in [9.17, 15) is 0 Å². The lowest BCUT2D eigenvalue weighted by molar-refractivity contribution is 0.0445. The fraction of sp³-hybridized carbons (Fsp3) is 1.00. The molecular formula is C17H37NO. The number of hydrogen-bond donors (Lipinski definition) is 1. The number of hydrogen-bond acceptors (Lipinski definition) is 2. The number of rotatable bonds is 14. The standard InChI is InChI=1S/C17H37NO/c1-5-8-9-10-11-12-13-14-17(18-15-6-2)16(4)19-7-3/h16-18H,5-15H2,1-4H3. The minimum Gasteiger partial charge on any atom is -0.377 e. The minimum atomic E-state index is 0.344. The zero-order chi connectivity index (χ0) is 14.3. The topological polar surface area (TPSA) is 21.3 Å². The van der Waals surface area contributed by atoms with Gasteiger partial charge in [0, 0.05) is 12.6 Å². The third-order valence-electron chi connectivity index (χ3n) is 3.77. The maximum atomic E-state index is 5.75. The van der Waals surface area contributed by atoms with Crippen LogP contribution in [0.2, 0.25) is 0 Å². The maximum Gasteiger partial charge on any atom is 0.0699 e. The normalized spacial score (nSPS) is 14.5. The van der Waals surface area contributed by atoms with Crippen LogP contribution in [0.25, 0.3) is 0 Å². The van der Waals surface area contributed by atoms with Crippen LogP contribution in [0.4, 0.5) is 0 Å². The summed E-state index contributed by atoms with van der Waals surface area (Å²) >= 11 is 0. The number of nitrogens with one attached hydrogen (secondary N) is 1. The predicted octanol–water partition coefficient (Wildman–Crippen LogP) is 4.92. The van der Waals surface area contributed by atoms with Gasteiger partial charge in [0.1, 0.15) is 0 Å². The second-order valence-corrected chi connectivity index (χ2v) is 5.63. The van der Waals surface area contributed by atoms with Gasteiger partial charge < -0.3 is 10.1 Å². The van der Waals surface area contributed by atoms with E-state index in [0.29, 0.717) is 12.1 Å². The first kappa shape index (κ1) is 18.9. The van der Waals surface area contributed by atoms with E-state index in [0.717, 1.165) is 13.2 Å². The molecule has 1 N–H and O–H groups in total. The molecule has 0 aromatic heterocycles. The Morgan fingerprint density at radius 3 is 2.05 bits per heavy atom. The average Bonchev–Trinajstić information content (AvgIpc) is 2.41. The summed E-state index contributed by atoms with van der Waals surface area (Å²) in [7, 11) is 0. The van der Waals surface area contributed by atoms with Crippen LogP contribution >= 0.6 is 0 Å². The third kappa shape index (κ3) is 11.4. The summed E-state index contributed by atoms with van der Waals surface area (Å²) < 4.78 is 5.75. The fourth-order valence-corrected chi connectivity index (χ4v) is 2.53. The van der Waals surface area contributed by atoms with Crippen LogP contribution in [0.5, 0.6) is 0 Å². The molecule has 116 valence electrons. The van der Waals surface area contributed by atoms with E-state index in [1.165, 1.54) is 57.8 Å². The van der Waals surface area contributed by atoms with Crippen LogP contribution in [-0.4, -0.2) is 25.3 Å². The molecule has 0 aliphatic carbocycles. The van der Waals surface area contributed by atoms with Gasteiger partial charge in [-0.2, -0.15) is 0 Å². The van der Waals surface area contributed by atoms with E-state index < -0.39 is 0 Å². The first-order valence-corrected chi connectivity index (χ1v) is 8.61. The zero-order valence-electron chi connectivity index (χ0n) is 13.8. The minimum absolute atomic E-state index is 0.344. The molecule has 2 heteroatoms. The molecule has 0 fully saturated rings. The Balaban J connectivity index is 3.66. The van der Waals surface area contributed by atoms with Crippen molar-refractivity contribution in [3.05, 3.63) is 0 Å². The Kier molecular flexibility index (Phi) is 14.3. The van der Waals surface area contributed by atoms with Crippen molar-refractivity contribution in [3.63, 3.8) is 0 Å². The van der Waals surface area contributed by atoms with Gasteiger partial charge in [0.05, 0.1) is 6.10 Å². The van der Waals surface area contributed by atoms with E-state index in [4.69, 9.17) is 4.74 Å². The van der Waals surface area contributed by atoms with Gasteiger partial charge in [0.15, 0.2) is 0 Å². The second-order valence-electron chi connectivity index (χ2n) is 5.63. The fourth-order valence-electron chi connectivity index (χ4n) is 2.53. The summed E-state index contributed by atoms with van der Waals surface area (Å²) in [4.78, 5) is 0. The Morgan fingerprint density at radius 2 is 1.47 bits per heavy atom. The van der Waals surface area contributed by atoms with Gasteiger partial charge in [-0.3, -0.25) is 0 Å². The summed E-state index contributed by atoms with van der Waals surface area (Å²) in [6.45, 7) is 10.7. The lowest BCUT2D eigenvalue weighted by atomic mass is 10.0. The summed E-state index contributed by atoms with van der Waals surface area (Å²) in [5.74, 6) is 0. The van der Waals surface area contributed by atoms with Crippen molar-refractivity contribution in [3.8, 4) is 0 Å². The molecule has 0 rings (SSSR count). The van der Waals surface area contributed by atoms with Crippen molar-refractivity contribution in [1.82, 2.24) is 5.32 Å². The lowest BCUT2D eigenvalue weighted by Gasteiger charge is -2.25. The van der Waals surface area contributed by atoms with Crippen LogP contribution in [0.1, 0.15) is 85.5 Å². The van der Waals surface area contributed by atoms with Crippen LogP contribution in [0.15, 0.2) is 0 Å². The molecule has 0 aromatic carbocycles. The van der Waals surface area contributed by atoms with Crippen molar-refractivity contribution in [2.75, 3.05) is 13.2 Å².